The molecule has 3 atom stereocenters. The molecular weight excluding hydrogens is 246 g/mol. The van der Waals surface area contributed by atoms with Crippen LogP contribution in [0, 0.1) is 11.8 Å². The van der Waals surface area contributed by atoms with Gasteiger partial charge in [0.15, 0.2) is 0 Å². The maximum Gasteiger partial charge on any atom is 0.0627 e. The van der Waals surface area contributed by atoms with Gasteiger partial charge in [0, 0.05) is 12.2 Å². The normalized spacial score (nSPS) is 24.1. The molecule has 1 aromatic rings. The van der Waals surface area contributed by atoms with Gasteiger partial charge >= 0.3 is 0 Å². The smallest absolute Gasteiger partial charge is 0.0627 e. The highest BCUT2D eigenvalue weighted by Gasteiger charge is 2.27. The van der Waals surface area contributed by atoms with Gasteiger partial charge in [-0.3, -0.25) is 4.68 Å². The monoisotopic (exact) mass is 277 g/mol. The third kappa shape index (κ3) is 4.08. The van der Waals surface area contributed by atoms with Crippen molar-refractivity contribution in [2.24, 2.45) is 11.8 Å². The standard InChI is InChI=1S/C17H31N3/c1-4-10-18-13-16-8-6-7-15(16)12-17-9-11-20(19-17)14(3)5-2/h9,11,14-16,18H,4-8,10,12-13H2,1-3H3. The predicted molar refractivity (Wildman–Crippen MR) is 84.9 cm³/mol. The molecule has 0 aliphatic heterocycles. The van der Waals surface area contributed by atoms with Gasteiger partial charge in [-0.2, -0.15) is 5.10 Å². The second-order valence-corrected chi connectivity index (χ2v) is 6.40. The van der Waals surface area contributed by atoms with Crippen LogP contribution in [0.15, 0.2) is 12.3 Å². The maximum absolute atomic E-state index is 4.77. The first kappa shape index (κ1) is 15.6. The van der Waals surface area contributed by atoms with E-state index in [-0.39, 0.29) is 0 Å². The molecule has 3 nitrogen and oxygen atoms in total. The fourth-order valence-electron chi connectivity index (χ4n) is 3.30. The van der Waals surface area contributed by atoms with Crippen molar-refractivity contribution in [3.05, 3.63) is 18.0 Å². The van der Waals surface area contributed by atoms with Gasteiger partial charge in [-0.15, -0.1) is 0 Å². The fraction of sp³-hybridized carbons (Fsp3) is 0.824. The van der Waals surface area contributed by atoms with E-state index in [4.69, 9.17) is 5.10 Å². The van der Waals surface area contributed by atoms with Gasteiger partial charge in [0.1, 0.15) is 0 Å². The highest BCUT2D eigenvalue weighted by molar-refractivity contribution is 5.02. The summed E-state index contributed by atoms with van der Waals surface area (Å²) < 4.78 is 2.13. The van der Waals surface area contributed by atoms with Gasteiger partial charge < -0.3 is 5.32 Å². The van der Waals surface area contributed by atoms with Crippen molar-refractivity contribution >= 4 is 0 Å². The van der Waals surface area contributed by atoms with E-state index in [1.807, 2.05) is 0 Å². The van der Waals surface area contributed by atoms with Crippen molar-refractivity contribution in [1.29, 1.82) is 0 Å². The van der Waals surface area contributed by atoms with Crippen molar-refractivity contribution in [3.8, 4) is 0 Å². The summed E-state index contributed by atoms with van der Waals surface area (Å²) in [7, 11) is 0. The Hall–Kier alpha value is -0.830. The predicted octanol–water partition coefficient (Wildman–Crippen LogP) is 3.81. The van der Waals surface area contributed by atoms with Gasteiger partial charge in [0.05, 0.1) is 5.69 Å². The minimum absolute atomic E-state index is 0.523. The van der Waals surface area contributed by atoms with Crippen LogP contribution in [0.1, 0.15) is 64.6 Å². The van der Waals surface area contributed by atoms with Crippen LogP contribution in [0.3, 0.4) is 0 Å². The zero-order valence-electron chi connectivity index (χ0n) is 13.4. The van der Waals surface area contributed by atoms with E-state index < -0.39 is 0 Å². The molecule has 1 N–H and O–H groups in total. The summed E-state index contributed by atoms with van der Waals surface area (Å²) in [4.78, 5) is 0. The lowest BCUT2D eigenvalue weighted by molar-refractivity contribution is 0.360. The molecule has 114 valence electrons. The molecule has 20 heavy (non-hydrogen) atoms. The lowest BCUT2D eigenvalue weighted by Gasteiger charge is -2.19. The summed E-state index contributed by atoms with van der Waals surface area (Å²) >= 11 is 0. The minimum atomic E-state index is 0.523. The number of hydrogen-bond acceptors (Lipinski definition) is 2. The van der Waals surface area contributed by atoms with E-state index in [1.165, 1.54) is 44.3 Å². The molecule has 1 saturated carbocycles. The van der Waals surface area contributed by atoms with Crippen LogP contribution >= 0.6 is 0 Å². The van der Waals surface area contributed by atoms with Gasteiger partial charge in [-0.05, 0) is 70.0 Å². The van der Waals surface area contributed by atoms with Crippen LogP contribution in [-0.2, 0) is 6.42 Å². The first-order chi connectivity index (χ1) is 9.74. The average Bonchev–Trinajstić information content (AvgIpc) is 3.09. The lowest BCUT2D eigenvalue weighted by atomic mass is 9.91. The highest BCUT2D eigenvalue weighted by Crippen LogP contribution is 2.33. The van der Waals surface area contributed by atoms with E-state index in [0.29, 0.717) is 6.04 Å². The number of hydrogen-bond donors (Lipinski definition) is 1. The topological polar surface area (TPSA) is 29.9 Å². The zero-order valence-corrected chi connectivity index (χ0v) is 13.4. The van der Waals surface area contributed by atoms with Gasteiger partial charge in [0.25, 0.3) is 0 Å². The third-order valence-corrected chi connectivity index (χ3v) is 4.83. The third-order valence-electron chi connectivity index (χ3n) is 4.83. The van der Waals surface area contributed by atoms with Crippen molar-refractivity contribution in [3.63, 3.8) is 0 Å². The molecule has 1 aromatic heterocycles. The second kappa shape index (κ2) is 7.82. The molecule has 1 heterocycles. The van der Waals surface area contributed by atoms with Crippen LogP contribution in [0.2, 0.25) is 0 Å². The van der Waals surface area contributed by atoms with Crippen LogP contribution < -0.4 is 5.32 Å². The number of rotatable bonds is 8. The van der Waals surface area contributed by atoms with Gasteiger partial charge in [0.2, 0.25) is 0 Å². The van der Waals surface area contributed by atoms with Crippen LogP contribution in [0.4, 0.5) is 0 Å². The molecule has 0 amide bonds. The molecule has 0 radical (unpaired) electrons. The van der Waals surface area contributed by atoms with Crippen LogP contribution in [0.5, 0.6) is 0 Å². The van der Waals surface area contributed by atoms with Crippen molar-refractivity contribution in [1.82, 2.24) is 15.1 Å². The van der Waals surface area contributed by atoms with Crippen LogP contribution in [-0.4, -0.2) is 22.9 Å². The van der Waals surface area contributed by atoms with E-state index in [9.17, 15) is 0 Å². The number of nitrogens with zero attached hydrogens (tertiary/aromatic N) is 2. The SMILES string of the molecule is CCCNCC1CCCC1Cc1ccn(C(C)CC)n1. The molecule has 1 aliphatic rings. The molecule has 0 aromatic carbocycles. The molecule has 0 bridgehead atoms. The van der Waals surface area contributed by atoms with Crippen molar-refractivity contribution in [2.45, 2.75) is 65.3 Å². The molecule has 2 rings (SSSR count). The molecule has 0 spiro atoms. The summed E-state index contributed by atoms with van der Waals surface area (Å²) in [6, 6.07) is 2.75. The Bertz CT molecular complexity index is 385. The highest BCUT2D eigenvalue weighted by atomic mass is 15.3. The number of nitrogens with one attached hydrogen (secondary N) is 1. The molecule has 0 saturated heterocycles. The van der Waals surface area contributed by atoms with Crippen LogP contribution in [0.25, 0.3) is 0 Å². The summed E-state index contributed by atoms with van der Waals surface area (Å²) in [5.74, 6) is 1.69. The summed E-state index contributed by atoms with van der Waals surface area (Å²) in [6.45, 7) is 9.05. The van der Waals surface area contributed by atoms with E-state index >= 15 is 0 Å². The molecule has 3 unspecified atom stereocenters. The average molecular weight is 277 g/mol. The van der Waals surface area contributed by atoms with E-state index in [1.54, 1.807) is 0 Å². The fourth-order valence-corrected chi connectivity index (χ4v) is 3.30. The second-order valence-electron chi connectivity index (χ2n) is 6.40. The maximum atomic E-state index is 4.77. The summed E-state index contributed by atoms with van der Waals surface area (Å²) in [5.41, 5.74) is 1.29. The summed E-state index contributed by atoms with van der Waals surface area (Å²) in [6.07, 6.45) is 9.88. The molecule has 1 fully saturated rings. The minimum Gasteiger partial charge on any atom is -0.316 e. The Balaban J connectivity index is 1.86. The first-order valence-electron chi connectivity index (χ1n) is 8.49. The molecule has 1 aliphatic carbocycles. The Labute approximate surface area is 124 Å². The molecule has 3 heteroatoms. The zero-order chi connectivity index (χ0) is 14.4. The first-order valence-corrected chi connectivity index (χ1v) is 8.49. The summed E-state index contributed by atoms with van der Waals surface area (Å²) in [5, 5.41) is 8.37. The Morgan fingerprint density at radius 2 is 2.15 bits per heavy atom. The largest absolute Gasteiger partial charge is 0.316 e. The quantitative estimate of drug-likeness (QED) is 0.732. The Morgan fingerprint density at radius 1 is 1.35 bits per heavy atom. The Morgan fingerprint density at radius 3 is 2.90 bits per heavy atom. The van der Waals surface area contributed by atoms with Crippen molar-refractivity contribution in [2.75, 3.05) is 13.1 Å². The van der Waals surface area contributed by atoms with Gasteiger partial charge in [-0.1, -0.05) is 20.3 Å². The van der Waals surface area contributed by atoms with E-state index in [2.05, 4.69) is 43.0 Å². The molecular formula is C17H31N3. The Kier molecular flexibility index (Phi) is 6.08. The van der Waals surface area contributed by atoms with E-state index in [0.717, 1.165) is 24.8 Å². The van der Waals surface area contributed by atoms with Gasteiger partial charge in [-0.25, -0.2) is 0 Å². The lowest BCUT2D eigenvalue weighted by Crippen LogP contribution is -2.26. The van der Waals surface area contributed by atoms with Crippen molar-refractivity contribution < 1.29 is 0 Å². The number of aromatic nitrogens is 2.